The predicted octanol–water partition coefficient (Wildman–Crippen LogP) is 3.09. The Labute approximate surface area is 224 Å². The van der Waals surface area contributed by atoms with Crippen LogP contribution in [0.15, 0.2) is 35.1 Å². The van der Waals surface area contributed by atoms with E-state index in [0.717, 1.165) is 5.56 Å². The van der Waals surface area contributed by atoms with Crippen molar-refractivity contribution in [3.8, 4) is 0 Å². The van der Waals surface area contributed by atoms with E-state index in [9.17, 15) is 18.0 Å². The van der Waals surface area contributed by atoms with E-state index < -0.39 is 11.7 Å². The molecule has 2 fully saturated rings. The summed E-state index contributed by atoms with van der Waals surface area (Å²) in [6.07, 6.45) is 4.19. The standard InChI is InChI=1S/C26H31F3N8O2/c1-15-4-5-20(27)18(10-15)19-13-37(14-21(19)30)24-31-11-16(12-32-24)22(38)35(3)17-6-8-36(9-7-17)25-33-23(34-39-25)26(2,28)29/h4-5,10-12,17,19,21H,6-9,13-14,30H2,1-3H3. The van der Waals surface area contributed by atoms with E-state index >= 15 is 0 Å². The number of carbonyl (C=O) groups excluding carboxylic acids is 1. The second-order valence-electron chi connectivity index (χ2n) is 10.4. The lowest BCUT2D eigenvalue weighted by Gasteiger charge is -2.35. The van der Waals surface area contributed by atoms with Crippen LogP contribution in [-0.4, -0.2) is 76.2 Å². The quantitative estimate of drug-likeness (QED) is 0.500. The van der Waals surface area contributed by atoms with Crippen molar-refractivity contribution in [1.29, 1.82) is 0 Å². The summed E-state index contributed by atoms with van der Waals surface area (Å²) in [6, 6.07) is 4.73. The Morgan fingerprint density at radius 3 is 2.49 bits per heavy atom. The molecule has 13 heteroatoms. The van der Waals surface area contributed by atoms with E-state index in [1.807, 2.05) is 17.9 Å². The van der Waals surface area contributed by atoms with Crippen LogP contribution in [0.25, 0.3) is 0 Å². The van der Waals surface area contributed by atoms with E-state index in [2.05, 4.69) is 20.1 Å². The van der Waals surface area contributed by atoms with Crippen LogP contribution in [0.2, 0.25) is 0 Å². The average Bonchev–Trinajstić information content (AvgIpc) is 3.57. The number of carbonyl (C=O) groups is 1. The zero-order valence-corrected chi connectivity index (χ0v) is 22.0. The number of halogens is 3. The molecule has 4 heterocycles. The molecule has 0 bridgehead atoms. The molecule has 2 aliphatic heterocycles. The number of piperidine rings is 1. The third kappa shape index (κ3) is 5.54. The van der Waals surface area contributed by atoms with Gasteiger partial charge >= 0.3 is 11.9 Å². The number of amides is 1. The number of rotatable bonds is 6. The largest absolute Gasteiger partial charge is 0.339 e. The van der Waals surface area contributed by atoms with Crippen molar-refractivity contribution in [3.63, 3.8) is 0 Å². The molecule has 2 unspecified atom stereocenters. The highest BCUT2D eigenvalue weighted by molar-refractivity contribution is 5.93. The highest BCUT2D eigenvalue weighted by atomic mass is 19.3. The molecular formula is C26H31F3N8O2. The van der Waals surface area contributed by atoms with Gasteiger partial charge in [0, 0.05) is 70.5 Å². The summed E-state index contributed by atoms with van der Waals surface area (Å²) in [5.41, 5.74) is 8.26. The third-order valence-electron chi connectivity index (χ3n) is 7.50. The number of hydrogen-bond acceptors (Lipinski definition) is 9. The van der Waals surface area contributed by atoms with E-state index in [1.165, 1.54) is 18.5 Å². The molecule has 0 aliphatic carbocycles. The van der Waals surface area contributed by atoms with Crippen LogP contribution in [-0.2, 0) is 5.92 Å². The number of benzene rings is 1. The van der Waals surface area contributed by atoms with Crippen molar-refractivity contribution in [3.05, 3.63) is 58.9 Å². The Morgan fingerprint density at radius 1 is 1.15 bits per heavy atom. The van der Waals surface area contributed by atoms with Crippen LogP contribution in [0.1, 0.15) is 53.0 Å². The minimum absolute atomic E-state index is 0.0527. The van der Waals surface area contributed by atoms with Gasteiger partial charge in [0.15, 0.2) is 0 Å². The van der Waals surface area contributed by atoms with Crippen molar-refractivity contribution >= 4 is 17.9 Å². The summed E-state index contributed by atoms with van der Waals surface area (Å²) in [5, 5.41) is 3.37. The monoisotopic (exact) mass is 544 g/mol. The molecule has 2 N–H and O–H groups in total. The molecule has 3 aromatic rings. The van der Waals surface area contributed by atoms with Crippen LogP contribution in [0.4, 0.5) is 25.1 Å². The number of nitrogens with two attached hydrogens (primary N) is 1. The van der Waals surface area contributed by atoms with E-state index in [4.69, 9.17) is 10.3 Å². The molecule has 5 rings (SSSR count). The molecule has 2 atom stereocenters. The summed E-state index contributed by atoms with van der Waals surface area (Å²) in [4.78, 5) is 31.0. The van der Waals surface area contributed by atoms with Gasteiger partial charge in [-0.25, -0.2) is 14.4 Å². The lowest BCUT2D eigenvalue weighted by Crippen LogP contribution is -2.45. The molecular weight excluding hydrogens is 513 g/mol. The van der Waals surface area contributed by atoms with Crippen LogP contribution in [0, 0.1) is 12.7 Å². The minimum Gasteiger partial charge on any atom is -0.339 e. The Morgan fingerprint density at radius 2 is 1.85 bits per heavy atom. The Bertz CT molecular complexity index is 1320. The summed E-state index contributed by atoms with van der Waals surface area (Å²) >= 11 is 0. The van der Waals surface area contributed by atoms with Crippen molar-refractivity contribution < 1.29 is 22.5 Å². The predicted molar refractivity (Wildman–Crippen MR) is 137 cm³/mol. The van der Waals surface area contributed by atoms with Gasteiger partial charge in [-0.2, -0.15) is 13.8 Å². The number of hydrogen-bond donors (Lipinski definition) is 1. The number of alkyl halides is 2. The Hall–Kier alpha value is -3.74. The van der Waals surface area contributed by atoms with Crippen LogP contribution >= 0.6 is 0 Å². The van der Waals surface area contributed by atoms with Crippen molar-refractivity contribution in [2.24, 2.45) is 5.73 Å². The van der Waals surface area contributed by atoms with Crippen LogP contribution in [0.3, 0.4) is 0 Å². The van der Waals surface area contributed by atoms with E-state index in [1.54, 1.807) is 22.9 Å². The molecule has 0 spiro atoms. The van der Waals surface area contributed by atoms with Crippen molar-refractivity contribution in [2.45, 2.75) is 50.6 Å². The summed E-state index contributed by atoms with van der Waals surface area (Å²) in [7, 11) is 1.72. The fourth-order valence-electron chi connectivity index (χ4n) is 5.20. The molecule has 1 amide bonds. The molecule has 1 aromatic carbocycles. The molecule has 10 nitrogen and oxygen atoms in total. The van der Waals surface area contributed by atoms with Gasteiger partial charge in [-0.1, -0.05) is 22.9 Å². The maximum Gasteiger partial charge on any atom is 0.324 e. The lowest BCUT2D eigenvalue weighted by molar-refractivity contribution is 0.00558. The summed E-state index contributed by atoms with van der Waals surface area (Å²) < 4.78 is 46.3. The molecule has 39 heavy (non-hydrogen) atoms. The van der Waals surface area contributed by atoms with E-state index in [-0.39, 0.29) is 35.7 Å². The number of aryl methyl sites for hydroxylation is 1. The van der Waals surface area contributed by atoms with E-state index in [0.29, 0.717) is 63.0 Å². The number of anilines is 2. The second-order valence-corrected chi connectivity index (χ2v) is 10.4. The fourth-order valence-corrected chi connectivity index (χ4v) is 5.20. The molecule has 0 saturated carbocycles. The number of nitrogens with zero attached hydrogens (tertiary/aromatic N) is 7. The first-order chi connectivity index (χ1) is 18.5. The average molecular weight is 545 g/mol. The maximum absolute atomic E-state index is 14.5. The first kappa shape index (κ1) is 26.9. The SMILES string of the molecule is Cc1ccc(F)c(C2CN(c3ncc(C(=O)N(C)C4CCN(c5nc(C(C)(F)F)no5)CC4)cn3)CC2N)c1. The number of aromatic nitrogens is 4. The Balaban J connectivity index is 1.18. The third-order valence-corrected chi connectivity index (χ3v) is 7.50. The van der Waals surface area contributed by atoms with Gasteiger partial charge < -0.3 is 25.0 Å². The fraction of sp³-hybridized carbons (Fsp3) is 0.500. The smallest absolute Gasteiger partial charge is 0.324 e. The topological polar surface area (TPSA) is 118 Å². The molecule has 2 saturated heterocycles. The molecule has 0 radical (unpaired) electrons. The second kappa shape index (κ2) is 10.4. The Kier molecular flexibility index (Phi) is 7.19. The molecule has 2 aromatic heterocycles. The maximum atomic E-state index is 14.5. The van der Waals surface area contributed by atoms with Crippen LogP contribution in [0.5, 0.6) is 0 Å². The molecule has 208 valence electrons. The normalized spacial score (nSPS) is 20.5. The highest BCUT2D eigenvalue weighted by Gasteiger charge is 2.35. The summed E-state index contributed by atoms with van der Waals surface area (Å²) in [5.74, 6) is -4.07. The highest BCUT2D eigenvalue weighted by Crippen LogP contribution is 2.31. The first-order valence-corrected chi connectivity index (χ1v) is 12.8. The zero-order valence-electron chi connectivity index (χ0n) is 22.0. The van der Waals surface area contributed by atoms with Gasteiger partial charge in [-0.15, -0.1) is 0 Å². The van der Waals surface area contributed by atoms with Gasteiger partial charge in [0.25, 0.3) is 5.91 Å². The lowest BCUT2D eigenvalue weighted by atomic mass is 9.93. The van der Waals surface area contributed by atoms with Crippen molar-refractivity contribution in [1.82, 2.24) is 25.0 Å². The van der Waals surface area contributed by atoms with Crippen LogP contribution < -0.4 is 15.5 Å². The van der Waals surface area contributed by atoms with Gasteiger partial charge in [0.2, 0.25) is 11.8 Å². The van der Waals surface area contributed by atoms with Gasteiger partial charge in [0.05, 0.1) is 5.56 Å². The minimum atomic E-state index is -3.17. The zero-order chi connectivity index (χ0) is 27.9. The first-order valence-electron chi connectivity index (χ1n) is 12.8. The van der Waals surface area contributed by atoms with Gasteiger partial charge in [-0.05, 0) is 31.4 Å². The van der Waals surface area contributed by atoms with Crippen molar-refractivity contribution in [2.75, 3.05) is 43.0 Å². The molecule has 2 aliphatic rings. The van der Waals surface area contributed by atoms with Gasteiger partial charge in [0.1, 0.15) is 5.82 Å². The summed E-state index contributed by atoms with van der Waals surface area (Å²) in [6.45, 7) is 4.54. The van der Waals surface area contributed by atoms with Gasteiger partial charge in [-0.3, -0.25) is 4.79 Å².